The summed E-state index contributed by atoms with van der Waals surface area (Å²) in [5.74, 6) is -0.216. The van der Waals surface area contributed by atoms with Gasteiger partial charge in [0.2, 0.25) is 0 Å². The van der Waals surface area contributed by atoms with Crippen molar-refractivity contribution in [2.45, 2.75) is 44.2 Å². The second-order valence-electron chi connectivity index (χ2n) is 6.16. The second-order valence-corrected chi connectivity index (χ2v) is 6.16. The molecule has 0 bridgehead atoms. The number of amides is 3. The molecule has 0 aliphatic carbocycles. The Balaban J connectivity index is 1.69. The predicted molar refractivity (Wildman–Crippen MR) is 82.1 cm³/mol. The van der Waals surface area contributed by atoms with Crippen LogP contribution in [-0.2, 0) is 10.3 Å². The van der Waals surface area contributed by atoms with Crippen molar-refractivity contribution in [2.24, 2.45) is 0 Å². The van der Waals surface area contributed by atoms with Gasteiger partial charge in [-0.2, -0.15) is 0 Å². The quantitative estimate of drug-likeness (QED) is 0.824. The smallest absolute Gasteiger partial charge is 0.318 e. The number of imide groups is 1. The normalized spacial score (nSPS) is 28.8. The number of nitrogens with zero attached hydrogens (tertiary/aromatic N) is 2. The molecule has 6 nitrogen and oxygen atoms in total. The van der Waals surface area contributed by atoms with Crippen LogP contribution in [-0.4, -0.2) is 41.0 Å². The van der Waals surface area contributed by atoms with Crippen molar-refractivity contribution >= 4 is 11.9 Å². The van der Waals surface area contributed by atoms with E-state index in [1.165, 1.54) is 17.7 Å². The van der Waals surface area contributed by atoms with Crippen molar-refractivity contribution < 1.29 is 9.59 Å². The summed E-state index contributed by atoms with van der Waals surface area (Å²) in [6.45, 7) is 3.19. The van der Waals surface area contributed by atoms with E-state index in [0.717, 1.165) is 19.4 Å². The Morgan fingerprint density at radius 2 is 2.23 bits per heavy atom. The second kappa shape index (κ2) is 6.04. The van der Waals surface area contributed by atoms with Crippen molar-refractivity contribution in [3.63, 3.8) is 0 Å². The zero-order chi connectivity index (χ0) is 15.6. The zero-order valence-electron chi connectivity index (χ0n) is 12.8. The minimum Gasteiger partial charge on any atom is -0.318 e. The van der Waals surface area contributed by atoms with E-state index in [1.807, 2.05) is 6.07 Å². The van der Waals surface area contributed by atoms with E-state index in [1.54, 1.807) is 25.3 Å². The maximum absolute atomic E-state index is 12.7. The average Bonchev–Trinajstić information content (AvgIpc) is 2.78. The summed E-state index contributed by atoms with van der Waals surface area (Å²) in [6, 6.07) is 5.46. The average molecular weight is 302 g/mol. The van der Waals surface area contributed by atoms with Gasteiger partial charge in [-0.15, -0.1) is 0 Å². The van der Waals surface area contributed by atoms with Gasteiger partial charge in [-0.3, -0.25) is 14.7 Å². The van der Waals surface area contributed by atoms with E-state index < -0.39 is 5.54 Å². The molecule has 2 aliphatic rings. The van der Waals surface area contributed by atoms with Gasteiger partial charge in [0.15, 0.2) is 5.54 Å². The summed E-state index contributed by atoms with van der Waals surface area (Å²) < 4.78 is 0. The Hall–Kier alpha value is -1.95. The summed E-state index contributed by atoms with van der Waals surface area (Å²) in [4.78, 5) is 30.4. The molecule has 3 rings (SSSR count). The van der Waals surface area contributed by atoms with E-state index >= 15 is 0 Å². The van der Waals surface area contributed by atoms with Crippen LogP contribution in [0.5, 0.6) is 0 Å². The summed E-state index contributed by atoms with van der Waals surface area (Å²) in [5.41, 5.74) is -0.482. The zero-order valence-corrected chi connectivity index (χ0v) is 12.8. The highest BCUT2D eigenvalue weighted by Crippen LogP contribution is 2.27. The molecule has 2 aliphatic heterocycles. The van der Waals surface area contributed by atoms with Crippen LogP contribution in [0.3, 0.4) is 0 Å². The number of aromatic nitrogens is 1. The molecule has 2 saturated heterocycles. The molecule has 0 aromatic carbocycles. The molecule has 1 aromatic heterocycles. The van der Waals surface area contributed by atoms with Crippen LogP contribution < -0.4 is 10.6 Å². The van der Waals surface area contributed by atoms with Gasteiger partial charge in [0, 0.05) is 18.8 Å². The Morgan fingerprint density at radius 1 is 1.36 bits per heavy atom. The number of urea groups is 1. The van der Waals surface area contributed by atoms with Gasteiger partial charge in [0.05, 0.1) is 5.69 Å². The first-order valence-electron chi connectivity index (χ1n) is 7.90. The fraction of sp³-hybridized carbons (Fsp3) is 0.562. The Morgan fingerprint density at radius 3 is 2.91 bits per heavy atom. The lowest BCUT2D eigenvalue weighted by Crippen LogP contribution is -2.42. The fourth-order valence-electron chi connectivity index (χ4n) is 3.19. The number of pyridine rings is 1. The lowest BCUT2D eigenvalue weighted by molar-refractivity contribution is -0.131. The molecule has 2 N–H and O–H groups in total. The SMILES string of the molecule is CC1(c2ccccn2)NC(=O)N(CCC2CCCCN2)C1=O. The van der Waals surface area contributed by atoms with Crippen LogP contribution >= 0.6 is 0 Å². The third kappa shape index (κ3) is 2.70. The van der Waals surface area contributed by atoms with Crippen molar-refractivity contribution in [3.05, 3.63) is 30.1 Å². The summed E-state index contributed by atoms with van der Waals surface area (Å²) >= 11 is 0. The van der Waals surface area contributed by atoms with Gasteiger partial charge < -0.3 is 10.6 Å². The first-order valence-corrected chi connectivity index (χ1v) is 7.90. The molecule has 22 heavy (non-hydrogen) atoms. The van der Waals surface area contributed by atoms with Gasteiger partial charge in [-0.1, -0.05) is 12.5 Å². The molecule has 0 saturated carbocycles. The van der Waals surface area contributed by atoms with Crippen molar-refractivity contribution in [1.29, 1.82) is 0 Å². The lowest BCUT2D eigenvalue weighted by Gasteiger charge is -2.25. The Kier molecular flexibility index (Phi) is 4.11. The number of carbonyl (C=O) groups is 2. The van der Waals surface area contributed by atoms with E-state index in [2.05, 4.69) is 15.6 Å². The highest BCUT2D eigenvalue weighted by molar-refractivity contribution is 6.06. The number of carbonyl (C=O) groups excluding carboxylic acids is 2. The summed E-state index contributed by atoms with van der Waals surface area (Å²) in [7, 11) is 0. The number of rotatable bonds is 4. The molecular weight excluding hydrogens is 280 g/mol. The molecule has 3 amide bonds. The molecular formula is C16H22N4O2. The van der Waals surface area contributed by atoms with E-state index in [-0.39, 0.29) is 11.9 Å². The van der Waals surface area contributed by atoms with Crippen LogP contribution in [0.25, 0.3) is 0 Å². The highest BCUT2D eigenvalue weighted by Gasteiger charge is 2.49. The van der Waals surface area contributed by atoms with Gasteiger partial charge >= 0.3 is 6.03 Å². The molecule has 118 valence electrons. The predicted octanol–water partition coefficient (Wildman–Crippen LogP) is 1.38. The van der Waals surface area contributed by atoms with Gasteiger partial charge in [0.1, 0.15) is 0 Å². The van der Waals surface area contributed by atoms with Gasteiger partial charge in [0.25, 0.3) is 5.91 Å². The van der Waals surface area contributed by atoms with E-state index in [9.17, 15) is 9.59 Å². The molecule has 0 spiro atoms. The van der Waals surface area contributed by atoms with Crippen LogP contribution in [0.1, 0.15) is 38.3 Å². The highest BCUT2D eigenvalue weighted by atomic mass is 16.2. The molecule has 0 radical (unpaired) electrons. The van der Waals surface area contributed by atoms with Crippen molar-refractivity contribution in [2.75, 3.05) is 13.1 Å². The summed E-state index contributed by atoms with van der Waals surface area (Å²) in [6.07, 6.45) is 5.97. The standard InChI is InChI=1S/C16H22N4O2/c1-16(13-7-3-5-10-18-13)14(21)20(15(22)19-16)11-8-12-6-2-4-9-17-12/h3,5,7,10,12,17H,2,4,6,8-9,11H2,1H3,(H,19,22). The molecule has 1 aromatic rings. The van der Waals surface area contributed by atoms with Gasteiger partial charge in [-0.05, 0) is 44.9 Å². The monoisotopic (exact) mass is 302 g/mol. The first kappa shape index (κ1) is 15.0. The maximum Gasteiger partial charge on any atom is 0.325 e. The maximum atomic E-state index is 12.7. The largest absolute Gasteiger partial charge is 0.325 e. The number of piperidine rings is 1. The van der Waals surface area contributed by atoms with E-state index in [0.29, 0.717) is 18.3 Å². The topological polar surface area (TPSA) is 74.3 Å². The minimum atomic E-state index is -1.06. The lowest BCUT2D eigenvalue weighted by atomic mass is 9.97. The molecule has 2 unspecified atom stereocenters. The minimum absolute atomic E-state index is 0.216. The van der Waals surface area contributed by atoms with Crippen molar-refractivity contribution in [3.8, 4) is 0 Å². The third-order valence-electron chi connectivity index (χ3n) is 4.57. The molecule has 2 atom stereocenters. The Bertz CT molecular complexity index is 557. The van der Waals surface area contributed by atoms with Crippen LogP contribution in [0, 0.1) is 0 Å². The Labute approximate surface area is 130 Å². The van der Waals surface area contributed by atoms with Crippen LogP contribution in [0.4, 0.5) is 4.79 Å². The summed E-state index contributed by atoms with van der Waals surface area (Å²) in [5, 5.41) is 6.23. The van der Waals surface area contributed by atoms with Gasteiger partial charge in [-0.25, -0.2) is 4.79 Å². The number of nitrogens with one attached hydrogen (secondary N) is 2. The molecule has 6 heteroatoms. The number of hydrogen-bond donors (Lipinski definition) is 2. The van der Waals surface area contributed by atoms with Crippen LogP contribution in [0.15, 0.2) is 24.4 Å². The van der Waals surface area contributed by atoms with Crippen LogP contribution in [0.2, 0.25) is 0 Å². The molecule has 2 fully saturated rings. The van der Waals surface area contributed by atoms with Crippen molar-refractivity contribution in [1.82, 2.24) is 20.5 Å². The fourth-order valence-corrected chi connectivity index (χ4v) is 3.19. The van der Waals surface area contributed by atoms with E-state index in [4.69, 9.17) is 0 Å². The first-order chi connectivity index (χ1) is 10.6. The third-order valence-corrected chi connectivity index (χ3v) is 4.57. The number of hydrogen-bond acceptors (Lipinski definition) is 4. The molecule has 3 heterocycles.